The molecule has 2 saturated heterocycles. The van der Waals surface area contributed by atoms with Gasteiger partial charge in [-0.25, -0.2) is 13.4 Å². The van der Waals surface area contributed by atoms with Gasteiger partial charge in [0.15, 0.2) is 5.03 Å². The molecule has 0 radical (unpaired) electrons. The molecule has 0 aliphatic carbocycles. The van der Waals surface area contributed by atoms with Crippen molar-refractivity contribution in [1.29, 1.82) is 0 Å². The van der Waals surface area contributed by atoms with E-state index in [-0.39, 0.29) is 55.3 Å². The Morgan fingerprint density at radius 1 is 1.08 bits per heavy atom. The van der Waals surface area contributed by atoms with Gasteiger partial charge < -0.3 is 19.7 Å². The Balaban J connectivity index is 1.61. The van der Waals surface area contributed by atoms with Gasteiger partial charge in [0.25, 0.3) is 10.0 Å². The van der Waals surface area contributed by atoms with Crippen LogP contribution in [0.2, 0.25) is 0 Å². The summed E-state index contributed by atoms with van der Waals surface area (Å²) in [4.78, 5) is 45.1. The van der Waals surface area contributed by atoms with Crippen molar-refractivity contribution in [2.45, 2.75) is 36.8 Å². The number of aromatic nitrogens is 2. The summed E-state index contributed by atoms with van der Waals surface area (Å²) in [5.41, 5.74) is 0.701. The molecule has 36 heavy (non-hydrogen) atoms. The maximum absolute atomic E-state index is 13.7. The molecule has 0 spiro atoms. The van der Waals surface area contributed by atoms with E-state index in [0.717, 1.165) is 6.42 Å². The highest BCUT2D eigenvalue weighted by molar-refractivity contribution is 7.89. The Kier molecular flexibility index (Phi) is 8.04. The fraction of sp³-hybridized carbons (Fsp3) is 0.500. The topological polar surface area (TPSA) is 125 Å². The summed E-state index contributed by atoms with van der Waals surface area (Å²) in [5, 5.41) is 2.73. The van der Waals surface area contributed by atoms with Gasteiger partial charge in [0.05, 0.1) is 18.9 Å². The Morgan fingerprint density at radius 2 is 1.86 bits per heavy atom. The van der Waals surface area contributed by atoms with Gasteiger partial charge in [-0.3, -0.25) is 14.4 Å². The van der Waals surface area contributed by atoms with Crippen LogP contribution in [0.1, 0.15) is 37.3 Å². The number of imidazole rings is 1. The van der Waals surface area contributed by atoms with E-state index in [9.17, 15) is 22.8 Å². The molecule has 3 heterocycles. The van der Waals surface area contributed by atoms with Gasteiger partial charge in [0, 0.05) is 58.8 Å². The van der Waals surface area contributed by atoms with Crippen LogP contribution in [0.4, 0.5) is 0 Å². The number of aryl methyl sites for hydroxylation is 1. The fourth-order valence-corrected chi connectivity index (χ4v) is 6.26. The lowest BCUT2D eigenvalue weighted by Gasteiger charge is -2.31. The summed E-state index contributed by atoms with van der Waals surface area (Å²) >= 11 is 0. The number of amides is 3. The third-order valence-electron chi connectivity index (χ3n) is 6.53. The average Bonchev–Trinajstić information content (AvgIpc) is 3.47. The van der Waals surface area contributed by atoms with Crippen molar-refractivity contribution in [2.75, 3.05) is 39.3 Å². The van der Waals surface area contributed by atoms with Crippen molar-refractivity contribution in [2.24, 2.45) is 7.05 Å². The van der Waals surface area contributed by atoms with Crippen molar-refractivity contribution in [1.82, 2.24) is 29.0 Å². The zero-order valence-corrected chi connectivity index (χ0v) is 21.2. The summed E-state index contributed by atoms with van der Waals surface area (Å²) in [6.07, 6.45) is 4.35. The van der Waals surface area contributed by atoms with Gasteiger partial charge >= 0.3 is 0 Å². The van der Waals surface area contributed by atoms with Crippen LogP contribution in [0.3, 0.4) is 0 Å². The second kappa shape index (κ2) is 11.2. The molecule has 1 atom stereocenters. The van der Waals surface area contributed by atoms with Crippen LogP contribution >= 0.6 is 0 Å². The molecule has 1 unspecified atom stereocenters. The van der Waals surface area contributed by atoms with Crippen LogP contribution in [-0.2, 0) is 31.5 Å². The summed E-state index contributed by atoms with van der Waals surface area (Å²) in [6.45, 7) is 1.48. The highest BCUT2D eigenvalue weighted by atomic mass is 32.2. The molecule has 1 aromatic heterocycles. The summed E-state index contributed by atoms with van der Waals surface area (Å²) < 4.78 is 30.3. The smallest absolute Gasteiger partial charge is 0.262 e. The van der Waals surface area contributed by atoms with Crippen LogP contribution in [0.25, 0.3) is 0 Å². The first kappa shape index (κ1) is 25.8. The number of rotatable bonds is 5. The maximum atomic E-state index is 13.7. The zero-order chi connectivity index (χ0) is 25.7. The zero-order valence-electron chi connectivity index (χ0n) is 20.4. The Hall–Kier alpha value is -3.25. The molecule has 3 amide bonds. The normalized spacial score (nSPS) is 20.8. The quantitative estimate of drug-likeness (QED) is 0.618. The lowest BCUT2D eigenvalue weighted by atomic mass is 10.0. The number of likely N-dealkylation sites (tertiary alicyclic amines) is 1. The Labute approximate surface area is 211 Å². The van der Waals surface area contributed by atoms with E-state index >= 15 is 0 Å². The Bertz CT molecular complexity index is 1200. The second-order valence-electron chi connectivity index (χ2n) is 9.13. The molecular formula is C24H32N6O5S. The third kappa shape index (κ3) is 5.93. The first-order chi connectivity index (χ1) is 17.3. The minimum absolute atomic E-state index is 0.00459. The number of carbonyl (C=O) groups is 3. The van der Waals surface area contributed by atoms with Crippen LogP contribution < -0.4 is 5.32 Å². The number of hydrogen-bond donors (Lipinski definition) is 1. The SMILES string of the molecule is Cn1cnc(S(=O)(=O)N2CCCN(C(=O)CN3CCCC3=O)CCNC(=O)CC2c2ccccc2)c1. The number of benzene rings is 1. The predicted molar refractivity (Wildman–Crippen MR) is 131 cm³/mol. The van der Waals surface area contributed by atoms with E-state index in [1.807, 2.05) is 18.2 Å². The molecule has 2 aliphatic heterocycles. The molecule has 1 aromatic carbocycles. The summed E-state index contributed by atoms with van der Waals surface area (Å²) in [5.74, 6) is -0.556. The molecular weight excluding hydrogens is 484 g/mol. The van der Waals surface area contributed by atoms with Gasteiger partial charge in [-0.2, -0.15) is 4.31 Å². The molecule has 11 nitrogen and oxygen atoms in total. The summed E-state index contributed by atoms with van der Waals surface area (Å²) in [7, 11) is -2.35. The van der Waals surface area contributed by atoms with E-state index in [4.69, 9.17) is 0 Å². The van der Waals surface area contributed by atoms with Crippen molar-refractivity contribution in [3.8, 4) is 0 Å². The van der Waals surface area contributed by atoms with Gasteiger partial charge in [-0.1, -0.05) is 30.3 Å². The molecule has 12 heteroatoms. The third-order valence-corrected chi connectivity index (χ3v) is 8.32. The molecule has 2 fully saturated rings. The van der Waals surface area contributed by atoms with Gasteiger partial charge in [-0.05, 0) is 18.4 Å². The highest BCUT2D eigenvalue weighted by Gasteiger charge is 2.36. The van der Waals surface area contributed by atoms with E-state index in [1.165, 1.54) is 16.8 Å². The fourth-order valence-electron chi connectivity index (χ4n) is 4.64. The number of sulfonamides is 1. The number of carbonyl (C=O) groups excluding carboxylic acids is 3. The monoisotopic (exact) mass is 516 g/mol. The molecule has 2 aliphatic rings. The molecule has 194 valence electrons. The summed E-state index contributed by atoms with van der Waals surface area (Å²) in [6, 6.07) is 8.33. The van der Waals surface area contributed by atoms with Crippen LogP contribution in [0.5, 0.6) is 0 Å². The van der Waals surface area contributed by atoms with E-state index in [2.05, 4.69) is 10.3 Å². The van der Waals surface area contributed by atoms with E-state index < -0.39 is 16.1 Å². The van der Waals surface area contributed by atoms with E-state index in [0.29, 0.717) is 31.5 Å². The standard InChI is InChI=1S/C24H32N6O5S/c1-27-16-22(26-18-27)36(34,35)30-13-6-12-28(24(33)17-29-11-5-9-23(29)32)14-10-25-21(31)15-20(30)19-7-3-2-4-8-19/h2-4,7-8,16,18,20H,5-6,9-15,17H2,1H3,(H,25,31). The average molecular weight is 517 g/mol. The molecule has 0 saturated carbocycles. The highest BCUT2D eigenvalue weighted by Crippen LogP contribution is 2.30. The first-order valence-electron chi connectivity index (χ1n) is 12.1. The van der Waals surface area contributed by atoms with Gasteiger partial charge in [0.1, 0.15) is 0 Å². The van der Waals surface area contributed by atoms with Crippen LogP contribution in [0.15, 0.2) is 47.9 Å². The van der Waals surface area contributed by atoms with Crippen LogP contribution in [0, 0.1) is 0 Å². The first-order valence-corrected chi connectivity index (χ1v) is 13.6. The van der Waals surface area contributed by atoms with Crippen molar-refractivity contribution in [3.05, 3.63) is 48.4 Å². The van der Waals surface area contributed by atoms with Gasteiger partial charge in [-0.15, -0.1) is 0 Å². The molecule has 2 aromatic rings. The van der Waals surface area contributed by atoms with Crippen LogP contribution in [-0.4, -0.2) is 89.1 Å². The molecule has 1 N–H and O–H groups in total. The number of hydrogen-bond acceptors (Lipinski definition) is 6. The van der Waals surface area contributed by atoms with Crippen molar-refractivity contribution < 1.29 is 22.8 Å². The van der Waals surface area contributed by atoms with E-state index in [1.54, 1.807) is 33.5 Å². The lowest BCUT2D eigenvalue weighted by Crippen LogP contribution is -2.44. The lowest BCUT2D eigenvalue weighted by molar-refractivity contribution is -0.138. The maximum Gasteiger partial charge on any atom is 0.262 e. The Morgan fingerprint density at radius 3 is 2.53 bits per heavy atom. The second-order valence-corrected chi connectivity index (χ2v) is 11.0. The van der Waals surface area contributed by atoms with Gasteiger partial charge in [0.2, 0.25) is 17.7 Å². The predicted octanol–water partition coefficient (Wildman–Crippen LogP) is 0.513. The van der Waals surface area contributed by atoms with Crippen molar-refractivity contribution in [3.63, 3.8) is 0 Å². The van der Waals surface area contributed by atoms with Crippen molar-refractivity contribution >= 4 is 27.7 Å². The minimum atomic E-state index is -4.04. The molecule has 4 rings (SSSR count). The number of nitrogens with zero attached hydrogens (tertiary/aromatic N) is 5. The molecule has 0 bridgehead atoms. The minimum Gasteiger partial charge on any atom is -0.354 e. The number of nitrogens with one attached hydrogen (secondary N) is 1. The largest absolute Gasteiger partial charge is 0.354 e.